The van der Waals surface area contributed by atoms with Gasteiger partial charge in [0.2, 0.25) is 5.91 Å². The molecule has 0 radical (unpaired) electrons. The lowest BCUT2D eigenvalue weighted by molar-refractivity contribution is -0.123. The Balaban J connectivity index is 1.75. The Morgan fingerprint density at radius 3 is 2.57 bits per heavy atom. The van der Waals surface area contributed by atoms with Gasteiger partial charge in [-0.3, -0.25) is 4.79 Å². The van der Waals surface area contributed by atoms with Gasteiger partial charge in [0, 0.05) is 12.0 Å². The van der Waals surface area contributed by atoms with Gasteiger partial charge >= 0.3 is 0 Å². The fourth-order valence-corrected chi connectivity index (χ4v) is 3.02. The van der Waals surface area contributed by atoms with Crippen molar-refractivity contribution < 1.29 is 9.90 Å². The number of rotatable bonds is 7. The van der Waals surface area contributed by atoms with E-state index in [9.17, 15) is 9.90 Å². The fraction of sp³-hybridized carbons (Fsp3) is 0.588. The van der Waals surface area contributed by atoms with Crippen molar-refractivity contribution in [3.63, 3.8) is 0 Å². The molecular weight excluding hydrogens is 264 g/mol. The molecule has 1 aliphatic rings. The zero-order valence-corrected chi connectivity index (χ0v) is 12.6. The Labute approximate surface area is 126 Å². The molecule has 0 saturated heterocycles. The normalized spacial score (nSPS) is 18.4. The number of nitrogens with two attached hydrogens (primary N) is 1. The van der Waals surface area contributed by atoms with E-state index in [0.717, 1.165) is 32.1 Å². The minimum absolute atomic E-state index is 0.106. The second kappa shape index (κ2) is 7.57. The van der Waals surface area contributed by atoms with Crippen molar-refractivity contribution in [1.29, 1.82) is 0 Å². The standard InChI is InChI=1S/C17H26N2O2/c18-15(9-8-14-6-2-1-3-7-14)16(21)19-12-17(13-20)10-4-5-11-17/h1-3,6-7,15,20H,4-5,8-13,18H2,(H,19,21)/t15-/m0/s1. The molecule has 1 saturated carbocycles. The lowest BCUT2D eigenvalue weighted by atomic mass is 9.87. The monoisotopic (exact) mass is 290 g/mol. The lowest BCUT2D eigenvalue weighted by Crippen LogP contribution is -2.46. The van der Waals surface area contributed by atoms with Gasteiger partial charge in [0.15, 0.2) is 0 Å². The van der Waals surface area contributed by atoms with Crippen LogP contribution in [0.4, 0.5) is 0 Å². The van der Waals surface area contributed by atoms with Crippen molar-refractivity contribution in [3.8, 4) is 0 Å². The molecule has 4 nitrogen and oxygen atoms in total. The van der Waals surface area contributed by atoms with Crippen LogP contribution in [0.2, 0.25) is 0 Å². The van der Waals surface area contributed by atoms with Gasteiger partial charge in [0.05, 0.1) is 12.6 Å². The second-order valence-electron chi connectivity index (χ2n) is 6.21. The minimum Gasteiger partial charge on any atom is -0.396 e. The predicted molar refractivity (Wildman–Crippen MR) is 83.7 cm³/mol. The molecule has 1 fully saturated rings. The molecule has 4 N–H and O–H groups in total. The van der Waals surface area contributed by atoms with E-state index in [4.69, 9.17) is 5.73 Å². The number of aryl methyl sites for hydroxylation is 1. The van der Waals surface area contributed by atoms with Gasteiger partial charge in [-0.15, -0.1) is 0 Å². The zero-order chi connectivity index (χ0) is 15.1. The lowest BCUT2D eigenvalue weighted by Gasteiger charge is -2.27. The second-order valence-corrected chi connectivity index (χ2v) is 6.21. The first kappa shape index (κ1) is 16.0. The zero-order valence-electron chi connectivity index (χ0n) is 12.6. The van der Waals surface area contributed by atoms with Crippen molar-refractivity contribution in [2.24, 2.45) is 11.1 Å². The maximum atomic E-state index is 12.1. The highest BCUT2D eigenvalue weighted by molar-refractivity contribution is 5.81. The molecule has 1 atom stereocenters. The average molecular weight is 290 g/mol. The van der Waals surface area contributed by atoms with Crippen molar-refractivity contribution in [2.75, 3.05) is 13.2 Å². The number of carbonyl (C=O) groups excluding carboxylic acids is 1. The predicted octanol–water partition coefficient (Wildman–Crippen LogP) is 1.62. The molecule has 116 valence electrons. The van der Waals surface area contributed by atoms with Crippen LogP contribution in [0.5, 0.6) is 0 Å². The maximum Gasteiger partial charge on any atom is 0.236 e. The molecule has 1 amide bonds. The highest BCUT2D eigenvalue weighted by Gasteiger charge is 2.33. The molecule has 1 aromatic rings. The van der Waals surface area contributed by atoms with Crippen LogP contribution in [0, 0.1) is 5.41 Å². The van der Waals surface area contributed by atoms with Crippen molar-refractivity contribution >= 4 is 5.91 Å². The van der Waals surface area contributed by atoms with E-state index in [0.29, 0.717) is 13.0 Å². The van der Waals surface area contributed by atoms with E-state index < -0.39 is 6.04 Å². The molecule has 0 unspecified atom stereocenters. The number of nitrogens with one attached hydrogen (secondary N) is 1. The highest BCUT2D eigenvalue weighted by atomic mass is 16.3. The summed E-state index contributed by atoms with van der Waals surface area (Å²) in [5.74, 6) is -0.106. The van der Waals surface area contributed by atoms with E-state index in [1.54, 1.807) is 0 Å². The van der Waals surface area contributed by atoms with E-state index in [1.165, 1.54) is 5.56 Å². The molecule has 0 heterocycles. The molecule has 0 aromatic heterocycles. The van der Waals surface area contributed by atoms with E-state index in [-0.39, 0.29) is 17.9 Å². The fourth-order valence-electron chi connectivity index (χ4n) is 3.02. The topological polar surface area (TPSA) is 75.4 Å². The van der Waals surface area contributed by atoms with Crippen LogP contribution < -0.4 is 11.1 Å². The van der Waals surface area contributed by atoms with Gasteiger partial charge in [-0.05, 0) is 31.2 Å². The molecule has 4 heteroatoms. The van der Waals surface area contributed by atoms with Crippen LogP contribution in [-0.4, -0.2) is 30.2 Å². The molecule has 0 spiro atoms. The maximum absolute atomic E-state index is 12.1. The Morgan fingerprint density at radius 2 is 1.95 bits per heavy atom. The van der Waals surface area contributed by atoms with E-state index in [1.807, 2.05) is 30.3 Å². The van der Waals surface area contributed by atoms with Crippen LogP contribution in [0.3, 0.4) is 0 Å². The van der Waals surface area contributed by atoms with E-state index >= 15 is 0 Å². The number of amides is 1. The summed E-state index contributed by atoms with van der Waals surface area (Å²) >= 11 is 0. The molecule has 0 bridgehead atoms. The SMILES string of the molecule is N[C@@H](CCc1ccccc1)C(=O)NCC1(CO)CCCC1. The molecule has 1 aliphatic carbocycles. The van der Waals surface area contributed by atoms with Crippen molar-refractivity contribution in [1.82, 2.24) is 5.32 Å². The first-order valence-corrected chi connectivity index (χ1v) is 7.83. The number of carbonyl (C=O) groups is 1. The summed E-state index contributed by atoms with van der Waals surface area (Å²) in [6, 6.07) is 9.57. The average Bonchev–Trinajstić information content (AvgIpc) is 3.01. The van der Waals surface area contributed by atoms with Gasteiger partial charge in [0.25, 0.3) is 0 Å². The summed E-state index contributed by atoms with van der Waals surface area (Å²) in [6.45, 7) is 0.688. The van der Waals surface area contributed by atoms with Crippen molar-refractivity contribution in [2.45, 2.75) is 44.6 Å². The van der Waals surface area contributed by atoms with Crippen LogP contribution in [0.15, 0.2) is 30.3 Å². The van der Waals surface area contributed by atoms with Gasteiger partial charge < -0.3 is 16.2 Å². The van der Waals surface area contributed by atoms with Crippen LogP contribution in [-0.2, 0) is 11.2 Å². The smallest absolute Gasteiger partial charge is 0.236 e. The number of aliphatic hydroxyl groups excluding tert-OH is 1. The first-order chi connectivity index (χ1) is 10.2. The van der Waals surface area contributed by atoms with Gasteiger partial charge in [-0.2, -0.15) is 0 Å². The Hall–Kier alpha value is -1.39. The third-order valence-electron chi connectivity index (χ3n) is 4.56. The number of hydrogen-bond donors (Lipinski definition) is 3. The summed E-state index contributed by atoms with van der Waals surface area (Å²) in [7, 11) is 0. The summed E-state index contributed by atoms with van der Waals surface area (Å²) in [5.41, 5.74) is 7.04. The summed E-state index contributed by atoms with van der Waals surface area (Å²) in [4.78, 5) is 12.1. The van der Waals surface area contributed by atoms with Gasteiger partial charge in [0.1, 0.15) is 0 Å². The molecule has 0 aliphatic heterocycles. The van der Waals surface area contributed by atoms with Crippen LogP contribution >= 0.6 is 0 Å². The summed E-state index contributed by atoms with van der Waals surface area (Å²) in [5, 5.41) is 12.5. The van der Waals surface area contributed by atoms with Crippen LogP contribution in [0.1, 0.15) is 37.7 Å². The highest BCUT2D eigenvalue weighted by Crippen LogP contribution is 2.36. The molecule has 1 aromatic carbocycles. The molecule has 2 rings (SSSR count). The first-order valence-electron chi connectivity index (χ1n) is 7.83. The van der Waals surface area contributed by atoms with Gasteiger partial charge in [-0.1, -0.05) is 43.2 Å². The summed E-state index contributed by atoms with van der Waals surface area (Å²) < 4.78 is 0. The quantitative estimate of drug-likeness (QED) is 0.714. The van der Waals surface area contributed by atoms with E-state index in [2.05, 4.69) is 5.32 Å². The minimum atomic E-state index is -0.484. The number of hydrogen-bond acceptors (Lipinski definition) is 3. The molecule has 21 heavy (non-hydrogen) atoms. The Kier molecular flexibility index (Phi) is 5.76. The Bertz CT molecular complexity index is 441. The number of benzene rings is 1. The largest absolute Gasteiger partial charge is 0.396 e. The van der Waals surface area contributed by atoms with Crippen molar-refractivity contribution in [3.05, 3.63) is 35.9 Å². The third-order valence-corrected chi connectivity index (χ3v) is 4.56. The van der Waals surface area contributed by atoms with Gasteiger partial charge in [-0.25, -0.2) is 0 Å². The van der Waals surface area contributed by atoms with Crippen LogP contribution in [0.25, 0.3) is 0 Å². The Morgan fingerprint density at radius 1 is 1.29 bits per heavy atom. The number of aliphatic hydroxyl groups is 1. The molecular formula is C17H26N2O2. The third kappa shape index (κ3) is 4.55. The summed E-state index contributed by atoms with van der Waals surface area (Å²) in [6.07, 6.45) is 5.70.